The predicted molar refractivity (Wildman–Crippen MR) is 65.9 cm³/mol. The number of aromatic nitrogens is 1. The van der Waals surface area contributed by atoms with Crippen molar-refractivity contribution >= 4 is 0 Å². The third-order valence-corrected chi connectivity index (χ3v) is 3.27. The second-order valence-corrected chi connectivity index (χ2v) is 4.59. The molecule has 3 nitrogen and oxygen atoms in total. The molecule has 0 aromatic carbocycles. The lowest BCUT2D eigenvalue weighted by Gasteiger charge is -2.22. The van der Waals surface area contributed by atoms with Crippen molar-refractivity contribution in [2.24, 2.45) is 5.84 Å². The van der Waals surface area contributed by atoms with E-state index in [-0.39, 0.29) is 6.04 Å². The summed E-state index contributed by atoms with van der Waals surface area (Å²) < 4.78 is 37.4. The number of hydrazine groups is 1. The van der Waals surface area contributed by atoms with Crippen molar-refractivity contribution in [3.63, 3.8) is 0 Å². The molecule has 0 radical (unpaired) electrons. The Morgan fingerprint density at radius 2 is 2.05 bits per heavy atom. The van der Waals surface area contributed by atoms with Crippen molar-refractivity contribution in [3.05, 3.63) is 41.2 Å². The van der Waals surface area contributed by atoms with Gasteiger partial charge in [-0.1, -0.05) is 11.6 Å². The molecular formula is C13H16F3N3. The van der Waals surface area contributed by atoms with Gasteiger partial charge in [0.05, 0.1) is 17.3 Å². The normalized spacial score (nSPS) is 18.0. The van der Waals surface area contributed by atoms with Gasteiger partial charge in [-0.2, -0.15) is 13.2 Å². The van der Waals surface area contributed by atoms with Crippen molar-refractivity contribution in [2.45, 2.75) is 37.9 Å². The van der Waals surface area contributed by atoms with Gasteiger partial charge in [-0.15, -0.1) is 0 Å². The molecule has 1 heterocycles. The summed E-state index contributed by atoms with van der Waals surface area (Å²) in [6.07, 6.45) is 2.68. The minimum atomic E-state index is -4.36. The van der Waals surface area contributed by atoms with Crippen LogP contribution in [0, 0.1) is 0 Å². The van der Waals surface area contributed by atoms with Crippen LogP contribution in [0.2, 0.25) is 0 Å². The molecule has 1 aromatic rings. The Labute approximate surface area is 109 Å². The second kappa shape index (κ2) is 5.71. The molecule has 0 aliphatic heterocycles. The van der Waals surface area contributed by atoms with Crippen LogP contribution in [0.3, 0.4) is 0 Å². The molecule has 2 rings (SSSR count). The van der Waals surface area contributed by atoms with E-state index >= 15 is 0 Å². The monoisotopic (exact) mass is 271 g/mol. The highest BCUT2D eigenvalue weighted by molar-refractivity contribution is 5.26. The number of nitrogens with two attached hydrogens (primary N) is 1. The van der Waals surface area contributed by atoms with Gasteiger partial charge in [-0.05, 0) is 37.8 Å². The molecule has 0 spiro atoms. The molecule has 0 bridgehead atoms. The lowest BCUT2D eigenvalue weighted by atomic mass is 9.92. The number of halogens is 3. The number of nitrogens with one attached hydrogen (secondary N) is 1. The first-order valence-electron chi connectivity index (χ1n) is 6.20. The van der Waals surface area contributed by atoms with Crippen LogP contribution < -0.4 is 11.3 Å². The molecule has 1 unspecified atom stereocenters. The van der Waals surface area contributed by atoms with Crippen molar-refractivity contribution in [1.29, 1.82) is 0 Å². The van der Waals surface area contributed by atoms with E-state index in [1.807, 2.05) is 0 Å². The van der Waals surface area contributed by atoms with Crippen LogP contribution in [0.5, 0.6) is 0 Å². The Morgan fingerprint density at radius 3 is 2.53 bits per heavy atom. The van der Waals surface area contributed by atoms with Crippen LogP contribution in [0.15, 0.2) is 30.0 Å². The number of rotatable bonds is 3. The highest BCUT2D eigenvalue weighted by Crippen LogP contribution is 2.31. The van der Waals surface area contributed by atoms with Crippen molar-refractivity contribution in [1.82, 2.24) is 10.4 Å². The number of allylic oxidation sites excluding steroid dienone is 1. The molecule has 1 aliphatic rings. The Kier molecular flexibility index (Phi) is 4.21. The zero-order valence-electron chi connectivity index (χ0n) is 10.4. The first-order valence-corrected chi connectivity index (χ1v) is 6.20. The van der Waals surface area contributed by atoms with Crippen LogP contribution in [0.25, 0.3) is 0 Å². The van der Waals surface area contributed by atoms with Crippen molar-refractivity contribution in [2.75, 3.05) is 0 Å². The summed E-state index contributed by atoms with van der Waals surface area (Å²) in [5.74, 6) is 5.51. The maximum Gasteiger partial charge on any atom is 0.417 e. The van der Waals surface area contributed by atoms with Crippen LogP contribution in [0.4, 0.5) is 13.2 Å². The van der Waals surface area contributed by atoms with E-state index in [0.29, 0.717) is 5.69 Å². The average Bonchev–Trinajstić information content (AvgIpc) is 2.40. The smallest absolute Gasteiger partial charge is 0.271 e. The molecule has 3 N–H and O–H groups in total. The number of alkyl halides is 3. The molecule has 6 heteroatoms. The topological polar surface area (TPSA) is 50.9 Å². The average molecular weight is 271 g/mol. The second-order valence-electron chi connectivity index (χ2n) is 4.59. The minimum absolute atomic E-state index is 0.303. The third kappa shape index (κ3) is 3.33. The fourth-order valence-corrected chi connectivity index (χ4v) is 2.25. The predicted octanol–water partition coefficient (Wildman–Crippen LogP) is 3.11. The number of pyridine rings is 1. The van der Waals surface area contributed by atoms with Gasteiger partial charge in [0.2, 0.25) is 0 Å². The Bertz CT molecular complexity index is 451. The van der Waals surface area contributed by atoms with E-state index in [1.165, 1.54) is 6.07 Å². The lowest BCUT2D eigenvalue weighted by molar-refractivity contribution is -0.137. The van der Waals surface area contributed by atoms with Gasteiger partial charge in [0, 0.05) is 6.20 Å². The van der Waals surface area contributed by atoms with Gasteiger partial charge in [0.1, 0.15) is 0 Å². The number of hydrogen-bond donors (Lipinski definition) is 2. The fourth-order valence-electron chi connectivity index (χ4n) is 2.25. The van der Waals surface area contributed by atoms with Gasteiger partial charge in [0.25, 0.3) is 0 Å². The van der Waals surface area contributed by atoms with Gasteiger partial charge < -0.3 is 0 Å². The minimum Gasteiger partial charge on any atom is -0.271 e. The van der Waals surface area contributed by atoms with Crippen LogP contribution in [-0.2, 0) is 6.18 Å². The van der Waals surface area contributed by atoms with Crippen LogP contribution >= 0.6 is 0 Å². The first-order chi connectivity index (χ1) is 9.02. The molecular weight excluding hydrogens is 255 g/mol. The van der Waals surface area contributed by atoms with E-state index in [4.69, 9.17) is 5.84 Å². The van der Waals surface area contributed by atoms with Crippen LogP contribution in [0.1, 0.15) is 43.0 Å². The fraction of sp³-hybridized carbons (Fsp3) is 0.462. The third-order valence-electron chi connectivity index (χ3n) is 3.27. The Morgan fingerprint density at radius 1 is 1.26 bits per heavy atom. The van der Waals surface area contributed by atoms with E-state index in [2.05, 4.69) is 16.5 Å². The van der Waals surface area contributed by atoms with Gasteiger partial charge >= 0.3 is 6.18 Å². The quantitative estimate of drug-likeness (QED) is 0.504. The maximum absolute atomic E-state index is 12.5. The molecule has 19 heavy (non-hydrogen) atoms. The zero-order chi connectivity index (χ0) is 13.9. The highest BCUT2D eigenvalue weighted by atomic mass is 19.4. The molecule has 104 valence electrons. The summed E-state index contributed by atoms with van der Waals surface area (Å²) in [6, 6.07) is 2.11. The zero-order valence-corrected chi connectivity index (χ0v) is 10.4. The molecule has 0 saturated heterocycles. The summed E-state index contributed by atoms with van der Waals surface area (Å²) in [7, 11) is 0. The molecule has 0 saturated carbocycles. The summed E-state index contributed by atoms with van der Waals surface area (Å²) >= 11 is 0. The highest BCUT2D eigenvalue weighted by Gasteiger charge is 2.31. The molecule has 1 aromatic heterocycles. The Hall–Kier alpha value is -1.40. The molecule has 1 aliphatic carbocycles. The SMILES string of the molecule is NNC(C1=CCCCC1)c1ccc(C(F)(F)F)cn1. The standard InChI is InChI=1S/C13H16F3N3/c14-13(15,16)10-6-7-11(18-8-10)12(19-17)9-4-2-1-3-5-9/h4,6-8,12,19H,1-3,5,17H2. The van der Waals surface area contributed by atoms with Crippen LogP contribution in [-0.4, -0.2) is 4.98 Å². The van der Waals surface area contributed by atoms with Crippen molar-refractivity contribution < 1.29 is 13.2 Å². The molecule has 0 fully saturated rings. The van der Waals surface area contributed by atoms with E-state index in [9.17, 15) is 13.2 Å². The van der Waals surface area contributed by atoms with Crippen molar-refractivity contribution in [3.8, 4) is 0 Å². The van der Waals surface area contributed by atoms with Gasteiger partial charge in [0.15, 0.2) is 0 Å². The van der Waals surface area contributed by atoms with Gasteiger partial charge in [-0.25, -0.2) is 5.43 Å². The summed E-state index contributed by atoms with van der Waals surface area (Å²) in [5, 5.41) is 0. The van der Waals surface area contributed by atoms with E-state index in [0.717, 1.165) is 43.5 Å². The molecule has 0 amide bonds. The lowest BCUT2D eigenvalue weighted by Crippen LogP contribution is -2.30. The summed E-state index contributed by atoms with van der Waals surface area (Å²) in [4.78, 5) is 3.89. The first kappa shape index (κ1) is 14.0. The largest absolute Gasteiger partial charge is 0.417 e. The summed E-state index contributed by atoms with van der Waals surface area (Å²) in [6.45, 7) is 0. The van der Waals surface area contributed by atoms with E-state index in [1.54, 1.807) is 0 Å². The van der Waals surface area contributed by atoms with Gasteiger partial charge in [-0.3, -0.25) is 10.8 Å². The molecule has 1 atom stereocenters. The van der Waals surface area contributed by atoms with E-state index < -0.39 is 11.7 Å². The number of nitrogens with zero attached hydrogens (tertiary/aromatic N) is 1. The maximum atomic E-state index is 12.5. The summed E-state index contributed by atoms with van der Waals surface area (Å²) in [5.41, 5.74) is 3.50. The number of hydrogen-bond acceptors (Lipinski definition) is 3. The Balaban J connectivity index is 2.22.